The summed E-state index contributed by atoms with van der Waals surface area (Å²) in [6.45, 7) is 7.36. The minimum Gasteiger partial charge on any atom is -0.380 e. The van der Waals surface area contributed by atoms with Gasteiger partial charge in [0.25, 0.3) is 5.91 Å². The van der Waals surface area contributed by atoms with Crippen LogP contribution in [0.5, 0.6) is 0 Å². The van der Waals surface area contributed by atoms with Gasteiger partial charge in [-0.05, 0) is 13.8 Å². The summed E-state index contributed by atoms with van der Waals surface area (Å²) in [6.07, 6.45) is 3.12. The number of hydrogen-bond donors (Lipinski definition) is 1. The zero-order chi connectivity index (χ0) is 13.2. The molecule has 0 unspecified atom stereocenters. The van der Waals surface area contributed by atoms with E-state index in [0.29, 0.717) is 45.1 Å². The number of aromatic nitrogens is 2. The minimum atomic E-state index is -0.0526. The molecule has 0 aliphatic heterocycles. The third-order valence-corrected chi connectivity index (χ3v) is 2.45. The Morgan fingerprint density at radius 3 is 2.33 bits per heavy atom. The summed E-state index contributed by atoms with van der Waals surface area (Å²) >= 11 is 0. The first kappa shape index (κ1) is 14.7. The molecule has 0 aliphatic carbocycles. The lowest BCUT2D eigenvalue weighted by molar-refractivity contribution is 0.0550. The van der Waals surface area contributed by atoms with Crippen LogP contribution in [0.4, 0.5) is 0 Å². The van der Waals surface area contributed by atoms with Gasteiger partial charge in [-0.25, -0.2) is 0 Å². The van der Waals surface area contributed by atoms with Crippen LogP contribution < -0.4 is 0 Å². The topological polar surface area (TPSA) is 67.5 Å². The number of nitrogens with zero attached hydrogens (tertiary/aromatic N) is 2. The van der Waals surface area contributed by atoms with Gasteiger partial charge in [0.2, 0.25) is 0 Å². The van der Waals surface area contributed by atoms with Gasteiger partial charge in [-0.2, -0.15) is 5.10 Å². The van der Waals surface area contributed by atoms with Crippen molar-refractivity contribution in [2.45, 2.75) is 13.8 Å². The van der Waals surface area contributed by atoms with Crippen LogP contribution in [-0.2, 0) is 9.47 Å². The van der Waals surface area contributed by atoms with E-state index in [1.807, 2.05) is 13.8 Å². The summed E-state index contributed by atoms with van der Waals surface area (Å²) < 4.78 is 10.6. The lowest BCUT2D eigenvalue weighted by Gasteiger charge is -2.21. The second-order valence-corrected chi connectivity index (χ2v) is 3.67. The molecule has 0 radical (unpaired) electrons. The highest BCUT2D eigenvalue weighted by Gasteiger charge is 2.16. The summed E-state index contributed by atoms with van der Waals surface area (Å²) in [4.78, 5) is 13.9. The van der Waals surface area contributed by atoms with E-state index in [1.165, 1.54) is 6.20 Å². The molecule has 1 aromatic rings. The van der Waals surface area contributed by atoms with Crippen molar-refractivity contribution < 1.29 is 14.3 Å². The average Bonchev–Trinajstić information content (AvgIpc) is 2.90. The van der Waals surface area contributed by atoms with E-state index in [2.05, 4.69) is 10.2 Å². The number of rotatable bonds is 9. The van der Waals surface area contributed by atoms with Crippen molar-refractivity contribution in [3.63, 3.8) is 0 Å². The Balaban J connectivity index is 2.49. The number of carbonyl (C=O) groups excluding carboxylic acids is 1. The molecular weight excluding hydrogens is 234 g/mol. The van der Waals surface area contributed by atoms with Gasteiger partial charge in [0.1, 0.15) is 0 Å². The van der Waals surface area contributed by atoms with Crippen LogP contribution >= 0.6 is 0 Å². The number of carbonyl (C=O) groups is 1. The van der Waals surface area contributed by atoms with Crippen LogP contribution in [0.1, 0.15) is 24.2 Å². The first-order valence-corrected chi connectivity index (χ1v) is 6.23. The Labute approximate surface area is 107 Å². The van der Waals surface area contributed by atoms with Gasteiger partial charge in [-0.1, -0.05) is 0 Å². The molecule has 1 heterocycles. The van der Waals surface area contributed by atoms with Crippen LogP contribution in [0.25, 0.3) is 0 Å². The molecule has 0 atom stereocenters. The monoisotopic (exact) mass is 255 g/mol. The Morgan fingerprint density at radius 1 is 1.28 bits per heavy atom. The smallest absolute Gasteiger partial charge is 0.257 e. The number of hydrogen-bond acceptors (Lipinski definition) is 4. The molecule has 0 spiro atoms. The summed E-state index contributed by atoms with van der Waals surface area (Å²) in [5, 5.41) is 6.42. The van der Waals surface area contributed by atoms with Gasteiger partial charge in [-0.3, -0.25) is 9.89 Å². The van der Waals surface area contributed by atoms with E-state index in [4.69, 9.17) is 9.47 Å². The number of ether oxygens (including phenoxy) is 2. The number of H-pyrrole nitrogens is 1. The molecule has 18 heavy (non-hydrogen) atoms. The van der Waals surface area contributed by atoms with E-state index in [0.717, 1.165) is 0 Å². The molecule has 0 fully saturated rings. The highest BCUT2D eigenvalue weighted by Crippen LogP contribution is 2.02. The maximum absolute atomic E-state index is 12.1. The van der Waals surface area contributed by atoms with E-state index in [9.17, 15) is 4.79 Å². The molecule has 1 amide bonds. The predicted octanol–water partition coefficient (Wildman–Crippen LogP) is 0.925. The van der Waals surface area contributed by atoms with E-state index in [1.54, 1.807) is 11.1 Å². The van der Waals surface area contributed by atoms with Crippen molar-refractivity contribution in [3.8, 4) is 0 Å². The van der Waals surface area contributed by atoms with Gasteiger partial charge in [0.15, 0.2) is 0 Å². The van der Waals surface area contributed by atoms with Crippen molar-refractivity contribution in [1.29, 1.82) is 0 Å². The molecule has 0 bridgehead atoms. The molecule has 1 rings (SSSR count). The first-order valence-electron chi connectivity index (χ1n) is 6.23. The van der Waals surface area contributed by atoms with Crippen molar-refractivity contribution in [1.82, 2.24) is 15.1 Å². The molecule has 1 aromatic heterocycles. The van der Waals surface area contributed by atoms with Gasteiger partial charge in [0, 0.05) is 32.5 Å². The standard InChI is InChI=1S/C12H21N3O3/c1-3-17-7-5-15(6-8-18-4-2)12(16)11-9-13-14-10-11/h9-10H,3-8H2,1-2H3,(H,13,14). The van der Waals surface area contributed by atoms with Gasteiger partial charge in [0.05, 0.1) is 25.0 Å². The lowest BCUT2D eigenvalue weighted by Crippen LogP contribution is -2.36. The Bertz CT molecular complexity index is 317. The Morgan fingerprint density at radius 2 is 1.89 bits per heavy atom. The van der Waals surface area contributed by atoms with Crippen LogP contribution in [0.3, 0.4) is 0 Å². The lowest BCUT2D eigenvalue weighted by atomic mass is 10.3. The fourth-order valence-electron chi connectivity index (χ4n) is 1.50. The highest BCUT2D eigenvalue weighted by atomic mass is 16.5. The SMILES string of the molecule is CCOCCN(CCOCC)C(=O)c1cn[nH]c1. The van der Waals surface area contributed by atoms with Crippen molar-refractivity contribution in [3.05, 3.63) is 18.0 Å². The number of amides is 1. The van der Waals surface area contributed by atoms with Gasteiger partial charge in [-0.15, -0.1) is 0 Å². The molecule has 102 valence electrons. The van der Waals surface area contributed by atoms with Crippen molar-refractivity contribution in [2.24, 2.45) is 0 Å². The first-order chi connectivity index (χ1) is 8.79. The van der Waals surface area contributed by atoms with Crippen molar-refractivity contribution >= 4 is 5.91 Å². The fourth-order valence-corrected chi connectivity index (χ4v) is 1.50. The van der Waals surface area contributed by atoms with Crippen LogP contribution in [-0.4, -0.2) is 60.5 Å². The molecule has 6 heteroatoms. The third-order valence-electron chi connectivity index (χ3n) is 2.45. The quantitative estimate of drug-likeness (QED) is 0.666. The van der Waals surface area contributed by atoms with E-state index >= 15 is 0 Å². The molecule has 0 aliphatic rings. The fraction of sp³-hybridized carbons (Fsp3) is 0.667. The summed E-state index contributed by atoms with van der Waals surface area (Å²) in [6, 6.07) is 0. The maximum Gasteiger partial charge on any atom is 0.257 e. The van der Waals surface area contributed by atoms with Gasteiger partial charge < -0.3 is 14.4 Å². The molecular formula is C12H21N3O3. The second-order valence-electron chi connectivity index (χ2n) is 3.67. The van der Waals surface area contributed by atoms with Crippen LogP contribution in [0.15, 0.2) is 12.4 Å². The largest absolute Gasteiger partial charge is 0.380 e. The summed E-state index contributed by atoms with van der Waals surface area (Å²) in [7, 11) is 0. The predicted molar refractivity (Wildman–Crippen MR) is 67.5 cm³/mol. The average molecular weight is 255 g/mol. The molecule has 0 aromatic carbocycles. The molecule has 1 N–H and O–H groups in total. The van der Waals surface area contributed by atoms with E-state index < -0.39 is 0 Å². The molecule has 0 saturated heterocycles. The minimum absolute atomic E-state index is 0.0526. The summed E-state index contributed by atoms with van der Waals surface area (Å²) in [5.74, 6) is -0.0526. The van der Waals surface area contributed by atoms with Crippen molar-refractivity contribution in [2.75, 3.05) is 39.5 Å². The van der Waals surface area contributed by atoms with Crippen LogP contribution in [0, 0.1) is 0 Å². The van der Waals surface area contributed by atoms with Crippen LogP contribution in [0.2, 0.25) is 0 Å². The number of nitrogens with one attached hydrogen (secondary N) is 1. The Kier molecular flexibility index (Phi) is 7.05. The normalized spacial score (nSPS) is 10.6. The van der Waals surface area contributed by atoms with Gasteiger partial charge >= 0.3 is 0 Å². The zero-order valence-electron chi connectivity index (χ0n) is 11.0. The molecule has 0 saturated carbocycles. The third kappa shape index (κ3) is 4.85. The number of aromatic amines is 1. The second kappa shape index (κ2) is 8.66. The Hall–Kier alpha value is -1.40. The summed E-state index contributed by atoms with van der Waals surface area (Å²) in [5.41, 5.74) is 0.558. The van der Waals surface area contributed by atoms with E-state index in [-0.39, 0.29) is 5.91 Å². The molecule has 6 nitrogen and oxygen atoms in total. The maximum atomic E-state index is 12.1. The highest BCUT2D eigenvalue weighted by molar-refractivity contribution is 5.93. The zero-order valence-corrected chi connectivity index (χ0v) is 11.0.